The molecule has 0 fully saturated rings. The van der Waals surface area contributed by atoms with Crippen LogP contribution in [0, 0.1) is 0 Å². The molecule has 0 spiro atoms. The number of amides is 1. The van der Waals surface area contributed by atoms with Gasteiger partial charge in [0.25, 0.3) is 15.9 Å². The summed E-state index contributed by atoms with van der Waals surface area (Å²) in [6.45, 7) is 2.66. The van der Waals surface area contributed by atoms with Crippen LogP contribution in [0.3, 0.4) is 0 Å². The normalized spacial score (nSPS) is 11.3. The minimum atomic E-state index is -3.96. The van der Waals surface area contributed by atoms with Gasteiger partial charge in [-0.15, -0.1) is 11.3 Å². The fraction of sp³-hybridized carbons (Fsp3) is 0.130. The van der Waals surface area contributed by atoms with E-state index in [1.54, 1.807) is 24.3 Å². The third-order valence-electron chi connectivity index (χ3n) is 4.83. The summed E-state index contributed by atoms with van der Waals surface area (Å²) in [5, 5.41) is 4.71. The van der Waals surface area contributed by atoms with Crippen molar-refractivity contribution in [2.45, 2.75) is 18.4 Å². The van der Waals surface area contributed by atoms with Crippen LogP contribution >= 0.6 is 11.3 Å². The number of anilines is 1. The molecule has 0 aliphatic rings. The molecule has 0 atom stereocenters. The molecule has 0 saturated heterocycles. The maximum Gasteiger partial charge on any atom is 0.261 e. The second kappa shape index (κ2) is 9.47. The molecule has 10 heteroatoms. The molecule has 0 radical (unpaired) electrons. The van der Waals surface area contributed by atoms with Gasteiger partial charge in [-0.25, -0.2) is 8.42 Å². The van der Waals surface area contributed by atoms with Crippen molar-refractivity contribution in [3.8, 4) is 5.75 Å². The lowest BCUT2D eigenvalue weighted by molar-refractivity contribution is 0.0950. The first-order chi connectivity index (χ1) is 15.9. The summed E-state index contributed by atoms with van der Waals surface area (Å²) >= 11 is 1.49. The molecule has 1 amide bonds. The van der Waals surface area contributed by atoms with Crippen LogP contribution < -0.4 is 20.2 Å². The smallest absolute Gasteiger partial charge is 0.261 e. The van der Waals surface area contributed by atoms with Gasteiger partial charge in [-0.05, 0) is 60.8 Å². The van der Waals surface area contributed by atoms with E-state index < -0.39 is 21.4 Å². The van der Waals surface area contributed by atoms with E-state index in [1.807, 2.05) is 24.4 Å². The Balaban J connectivity index is 1.60. The van der Waals surface area contributed by atoms with E-state index in [-0.39, 0.29) is 15.8 Å². The Morgan fingerprint density at radius 1 is 1.12 bits per heavy atom. The quantitative estimate of drug-likeness (QED) is 0.353. The molecular weight excluding hydrogens is 462 g/mol. The maximum absolute atomic E-state index is 13.0. The van der Waals surface area contributed by atoms with Gasteiger partial charge in [0.2, 0.25) is 5.43 Å². The SMILES string of the molecule is CCOc1ccc(NS(=O)(=O)c2ccc3[nH]cc(C(=O)NCc4cccs4)c(=O)c3c2)cc1. The molecule has 2 aromatic carbocycles. The van der Waals surface area contributed by atoms with Gasteiger partial charge >= 0.3 is 0 Å². The summed E-state index contributed by atoms with van der Waals surface area (Å²) in [5.74, 6) is 0.0925. The first-order valence-electron chi connectivity index (χ1n) is 10.1. The molecule has 8 nitrogen and oxygen atoms in total. The maximum atomic E-state index is 13.0. The molecule has 33 heavy (non-hydrogen) atoms. The number of carbonyl (C=O) groups is 1. The standard InChI is InChI=1S/C23H21N3O5S2/c1-2-31-16-7-5-15(6-8-16)26-33(29,30)18-9-10-21-19(12-18)22(27)20(14-24-21)23(28)25-13-17-4-3-11-32-17/h3-12,14,26H,2,13H2,1H3,(H,24,27)(H,25,28). The number of sulfonamides is 1. The van der Waals surface area contributed by atoms with Crippen molar-refractivity contribution in [3.05, 3.63) is 86.8 Å². The number of carbonyl (C=O) groups excluding carboxylic acids is 1. The van der Waals surface area contributed by atoms with E-state index in [1.165, 1.54) is 35.7 Å². The van der Waals surface area contributed by atoms with Crippen LogP contribution in [0.15, 0.2) is 75.9 Å². The van der Waals surface area contributed by atoms with Gasteiger partial charge in [0.1, 0.15) is 11.3 Å². The monoisotopic (exact) mass is 483 g/mol. The zero-order chi connectivity index (χ0) is 23.4. The van der Waals surface area contributed by atoms with Crippen molar-refractivity contribution in [1.82, 2.24) is 10.3 Å². The number of thiophene rings is 1. The zero-order valence-corrected chi connectivity index (χ0v) is 19.3. The number of H-pyrrole nitrogens is 1. The average molecular weight is 484 g/mol. The van der Waals surface area contributed by atoms with E-state index in [9.17, 15) is 18.0 Å². The Bertz CT molecular complexity index is 1440. The van der Waals surface area contributed by atoms with Crippen molar-refractivity contribution >= 4 is 43.9 Å². The fourth-order valence-corrected chi connectivity index (χ4v) is 4.94. The van der Waals surface area contributed by atoms with Gasteiger partial charge in [0.15, 0.2) is 0 Å². The predicted octanol–water partition coefficient (Wildman–Crippen LogP) is 3.72. The van der Waals surface area contributed by atoms with Crippen LogP contribution in [0.2, 0.25) is 0 Å². The number of aromatic amines is 1. The van der Waals surface area contributed by atoms with E-state index in [2.05, 4.69) is 15.0 Å². The van der Waals surface area contributed by atoms with Crippen LogP contribution in [-0.2, 0) is 16.6 Å². The Kier molecular flexibility index (Phi) is 6.47. The van der Waals surface area contributed by atoms with Crippen molar-refractivity contribution in [1.29, 1.82) is 0 Å². The topological polar surface area (TPSA) is 117 Å². The number of ether oxygens (including phenoxy) is 1. The van der Waals surface area contributed by atoms with E-state index in [4.69, 9.17) is 4.74 Å². The molecule has 0 aliphatic carbocycles. The van der Waals surface area contributed by atoms with Gasteiger partial charge in [0.05, 0.1) is 18.0 Å². The number of fused-ring (bicyclic) bond motifs is 1. The summed E-state index contributed by atoms with van der Waals surface area (Å²) in [6.07, 6.45) is 1.33. The third kappa shape index (κ3) is 5.07. The van der Waals surface area contributed by atoms with E-state index >= 15 is 0 Å². The predicted molar refractivity (Wildman–Crippen MR) is 128 cm³/mol. The number of hydrogen-bond donors (Lipinski definition) is 3. The molecule has 3 N–H and O–H groups in total. The van der Waals surface area contributed by atoms with E-state index in [0.29, 0.717) is 30.1 Å². The summed E-state index contributed by atoms with van der Waals surface area (Å²) in [7, 11) is -3.96. The second-order valence-electron chi connectivity index (χ2n) is 7.06. The van der Waals surface area contributed by atoms with Gasteiger partial charge in [-0.1, -0.05) is 6.07 Å². The molecule has 0 aliphatic heterocycles. The van der Waals surface area contributed by atoms with Gasteiger partial charge < -0.3 is 15.0 Å². The van der Waals surface area contributed by atoms with Gasteiger partial charge in [-0.2, -0.15) is 0 Å². The molecular formula is C23H21N3O5S2. The van der Waals surface area contributed by atoms with Crippen molar-refractivity contribution in [3.63, 3.8) is 0 Å². The van der Waals surface area contributed by atoms with Gasteiger partial charge in [0, 0.05) is 27.7 Å². The lowest BCUT2D eigenvalue weighted by Crippen LogP contribution is -2.28. The van der Waals surface area contributed by atoms with Crippen molar-refractivity contribution in [2.24, 2.45) is 0 Å². The lowest BCUT2D eigenvalue weighted by Gasteiger charge is -2.10. The number of hydrogen-bond acceptors (Lipinski definition) is 6. The molecule has 170 valence electrons. The Morgan fingerprint density at radius 3 is 2.61 bits per heavy atom. The molecule has 0 unspecified atom stereocenters. The fourth-order valence-electron chi connectivity index (χ4n) is 3.21. The number of pyridine rings is 1. The Morgan fingerprint density at radius 2 is 1.91 bits per heavy atom. The molecule has 0 saturated carbocycles. The zero-order valence-electron chi connectivity index (χ0n) is 17.6. The summed E-state index contributed by atoms with van der Waals surface area (Å²) in [5.41, 5.74) is 0.141. The van der Waals surface area contributed by atoms with Crippen LogP contribution in [0.25, 0.3) is 10.9 Å². The molecule has 2 aromatic heterocycles. The van der Waals surface area contributed by atoms with Crippen LogP contribution in [0.5, 0.6) is 5.75 Å². The van der Waals surface area contributed by atoms with Crippen molar-refractivity contribution in [2.75, 3.05) is 11.3 Å². The highest BCUT2D eigenvalue weighted by Gasteiger charge is 2.18. The summed E-state index contributed by atoms with van der Waals surface area (Å²) < 4.78 is 33.6. The number of nitrogens with one attached hydrogen (secondary N) is 3. The van der Waals surface area contributed by atoms with Gasteiger partial charge in [-0.3, -0.25) is 14.3 Å². The second-order valence-corrected chi connectivity index (χ2v) is 9.78. The van der Waals surface area contributed by atoms with Crippen LogP contribution in [0.1, 0.15) is 22.2 Å². The largest absolute Gasteiger partial charge is 0.494 e. The Labute approximate surface area is 194 Å². The number of rotatable bonds is 8. The van der Waals surface area contributed by atoms with Crippen molar-refractivity contribution < 1.29 is 17.9 Å². The highest BCUT2D eigenvalue weighted by molar-refractivity contribution is 7.92. The Hall–Kier alpha value is -3.63. The van der Waals surface area contributed by atoms with Crippen LogP contribution in [0.4, 0.5) is 5.69 Å². The number of benzene rings is 2. The third-order valence-corrected chi connectivity index (χ3v) is 7.08. The summed E-state index contributed by atoms with van der Waals surface area (Å²) in [6, 6.07) is 14.4. The minimum absolute atomic E-state index is 0.0897. The summed E-state index contributed by atoms with van der Waals surface area (Å²) in [4.78, 5) is 29.2. The first-order valence-corrected chi connectivity index (χ1v) is 12.5. The molecule has 4 aromatic rings. The molecule has 4 rings (SSSR count). The first kappa shape index (κ1) is 22.6. The lowest BCUT2D eigenvalue weighted by atomic mass is 10.1. The molecule has 0 bridgehead atoms. The van der Waals surface area contributed by atoms with E-state index in [0.717, 1.165) is 4.88 Å². The average Bonchev–Trinajstić information content (AvgIpc) is 3.33. The highest BCUT2D eigenvalue weighted by atomic mass is 32.2. The highest BCUT2D eigenvalue weighted by Crippen LogP contribution is 2.21. The number of aromatic nitrogens is 1. The van der Waals surface area contributed by atoms with Crippen LogP contribution in [-0.4, -0.2) is 25.9 Å². The minimum Gasteiger partial charge on any atom is -0.494 e. The molecule has 2 heterocycles.